The number of anilines is 3. The van der Waals surface area contributed by atoms with Crippen molar-refractivity contribution in [2.45, 2.75) is 61.4 Å². The van der Waals surface area contributed by atoms with Crippen LogP contribution in [-0.4, -0.2) is 59.9 Å². The molecule has 0 saturated heterocycles. The standard InChI is InChI=1S/C25H31N7O3S/c1-32(25-26-13-12-22(29-25)28-23-15-21(30-31-23)16-6-7-16)19-10-8-18(9-11-19)27-24(33)17-4-3-5-20(14-17)36(2,34)35/h3-5,12-16,18-19H,6-11H2,1-2H3,(H,27,33)(H2,26,28,29,30,31)/t18-,19-. The van der Waals surface area contributed by atoms with Gasteiger partial charge in [-0.3, -0.25) is 9.89 Å². The number of rotatable bonds is 8. The number of hydrogen-bond acceptors (Lipinski definition) is 8. The van der Waals surface area contributed by atoms with Gasteiger partial charge in [-0.25, -0.2) is 13.4 Å². The van der Waals surface area contributed by atoms with Gasteiger partial charge in [-0.15, -0.1) is 0 Å². The molecule has 11 heteroatoms. The number of aromatic amines is 1. The Morgan fingerprint density at radius 3 is 2.56 bits per heavy atom. The second kappa shape index (κ2) is 9.88. The van der Waals surface area contributed by atoms with E-state index in [0.29, 0.717) is 23.2 Å². The van der Waals surface area contributed by atoms with Gasteiger partial charge in [-0.1, -0.05) is 6.07 Å². The number of benzene rings is 1. The summed E-state index contributed by atoms with van der Waals surface area (Å²) in [4.78, 5) is 24.1. The predicted octanol–water partition coefficient (Wildman–Crippen LogP) is 3.40. The maximum Gasteiger partial charge on any atom is 0.251 e. The molecule has 1 aromatic carbocycles. The summed E-state index contributed by atoms with van der Waals surface area (Å²) in [6, 6.07) is 10.3. The van der Waals surface area contributed by atoms with E-state index in [1.165, 1.54) is 25.0 Å². The molecule has 2 aliphatic rings. The normalized spacial score (nSPS) is 20.1. The minimum Gasteiger partial charge on any atom is -0.349 e. The van der Waals surface area contributed by atoms with Crippen molar-refractivity contribution in [2.75, 3.05) is 23.5 Å². The Bertz CT molecular complexity index is 1340. The molecule has 3 aromatic rings. The monoisotopic (exact) mass is 509 g/mol. The van der Waals surface area contributed by atoms with Crippen LogP contribution in [0, 0.1) is 0 Å². The molecule has 0 radical (unpaired) electrons. The summed E-state index contributed by atoms with van der Waals surface area (Å²) in [5.41, 5.74) is 1.52. The number of carbonyl (C=O) groups excluding carboxylic acids is 1. The Hall–Kier alpha value is -3.47. The smallest absolute Gasteiger partial charge is 0.251 e. The van der Waals surface area contributed by atoms with E-state index in [-0.39, 0.29) is 22.9 Å². The highest BCUT2D eigenvalue weighted by molar-refractivity contribution is 7.90. The molecule has 2 fully saturated rings. The molecule has 2 heterocycles. The van der Waals surface area contributed by atoms with Gasteiger partial charge in [-0.2, -0.15) is 10.1 Å². The summed E-state index contributed by atoms with van der Waals surface area (Å²) in [5, 5.41) is 13.7. The highest BCUT2D eigenvalue weighted by Crippen LogP contribution is 2.39. The second-order valence-corrected chi connectivity index (χ2v) is 11.8. The number of amides is 1. The minimum absolute atomic E-state index is 0.0401. The molecule has 0 aliphatic heterocycles. The molecule has 3 N–H and O–H groups in total. The number of H-pyrrole nitrogens is 1. The van der Waals surface area contributed by atoms with Gasteiger partial charge in [0.05, 0.1) is 4.90 Å². The number of nitrogens with one attached hydrogen (secondary N) is 3. The van der Waals surface area contributed by atoms with E-state index in [1.54, 1.807) is 18.3 Å². The van der Waals surface area contributed by atoms with Gasteiger partial charge in [-0.05, 0) is 62.8 Å². The van der Waals surface area contributed by atoms with Crippen LogP contribution in [0.3, 0.4) is 0 Å². The number of sulfone groups is 1. The molecule has 0 atom stereocenters. The predicted molar refractivity (Wildman–Crippen MR) is 137 cm³/mol. The summed E-state index contributed by atoms with van der Waals surface area (Å²) in [7, 11) is -1.36. The third kappa shape index (κ3) is 5.67. The summed E-state index contributed by atoms with van der Waals surface area (Å²) in [6.07, 6.45) is 8.72. The van der Waals surface area contributed by atoms with Crippen molar-refractivity contribution in [1.82, 2.24) is 25.5 Å². The van der Waals surface area contributed by atoms with Crippen LogP contribution in [0.2, 0.25) is 0 Å². The van der Waals surface area contributed by atoms with E-state index in [2.05, 4.69) is 35.7 Å². The van der Waals surface area contributed by atoms with Crippen LogP contribution in [0.15, 0.2) is 47.5 Å². The Labute approximate surface area is 210 Å². The van der Waals surface area contributed by atoms with E-state index < -0.39 is 9.84 Å². The van der Waals surface area contributed by atoms with Gasteiger partial charge >= 0.3 is 0 Å². The lowest BCUT2D eigenvalue weighted by Crippen LogP contribution is -2.43. The number of aromatic nitrogens is 4. The van der Waals surface area contributed by atoms with Crippen molar-refractivity contribution in [3.8, 4) is 0 Å². The van der Waals surface area contributed by atoms with Gasteiger partial charge in [0.15, 0.2) is 15.7 Å². The average molecular weight is 510 g/mol. The molecule has 10 nitrogen and oxygen atoms in total. The van der Waals surface area contributed by atoms with E-state index >= 15 is 0 Å². The zero-order valence-electron chi connectivity index (χ0n) is 20.4. The molecular formula is C25H31N7O3S. The van der Waals surface area contributed by atoms with Crippen molar-refractivity contribution < 1.29 is 13.2 Å². The first-order chi connectivity index (χ1) is 17.3. The molecule has 190 valence electrons. The van der Waals surface area contributed by atoms with Crippen molar-refractivity contribution in [3.05, 3.63) is 53.9 Å². The largest absolute Gasteiger partial charge is 0.349 e. The number of hydrogen-bond donors (Lipinski definition) is 3. The van der Waals surface area contributed by atoms with Crippen molar-refractivity contribution in [2.24, 2.45) is 0 Å². The second-order valence-electron chi connectivity index (χ2n) is 9.74. The molecule has 5 rings (SSSR count). The summed E-state index contributed by atoms with van der Waals surface area (Å²) < 4.78 is 23.6. The maximum absolute atomic E-state index is 12.7. The zero-order valence-corrected chi connectivity index (χ0v) is 21.3. The molecule has 2 aliphatic carbocycles. The Balaban J connectivity index is 1.15. The van der Waals surface area contributed by atoms with Crippen molar-refractivity contribution >= 4 is 33.3 Å². The first kappa shape index (κ1) is 24.2. The highest BCUT2D eigenvalue weighted by atomic mass is 32.2. The highest BCUT2D eigenvalue weighted by Gasteiger charge is 2.27. The Kier molecular flexibility index (Phi) is 6.65. The topological polar surface area (TPSA) is 133 Å². The lowest BCUT2D eigenvalue weighted by Gasteiger charge is -2.35. The molecule has 0 bridgehead atoms. The van der Waals surface area contributed by atoms with Crippen LogP contribution in [-0.2, 0) is 9.84 Å². The number of nitrogens with zero attached hydrogens (tertiary/aromatic N) is 4. The molecule has 2 saturated carbocycles. The fraction of sp³-hybridized carbons (Fsp3) is 0.440. The van der Waals surface area contributed by atoms with Gasteiger partial charge in [0.1, 0.15) is 5.82 Å². The van der Waals surface area contributed by atoms with Crippen LogP contribution >= 0.6 is 0 Å². The van der Waals surface area contributed by atoms with E-state index in [1.807, 2.05) is 19.2 Å². The van der Waals surface area contributed by atoms with Crippen LogP contribution in [0.1, 0.15) is 60.5 Å². The van der Waals surface area contributed by atoms with Crippen molar-refractivity contribution in [1.29, 1.82) is 0 Å². The van der Waals surface area contributed by atoms with Gasteiger partial charge in [0.2, 0.25) is 5.95 Å². The molecule has 2 aromatic heterocycles. The lowest BCUT2D eigenvalue weighted by molar-refractivity contribution is 0.0925. The first-order valence-electron chi connectivity index (χ1n) is 12.3. The summed E-state index contributed by atoms with van der Waals surface area (Å²) >= 11 is 0. The van der Waals surface area contributed by atoms with E-state index in [9.17, 15) is 13.2 Å². The van der Waals surface area contributed by atoms with Crippen LogP contribution < -0.4 is 15.5 Å². The van der Waals surface area contributed by atoms with Crippen LogP contribution in [0.5, 0.6) is 0 Å². The third-order valence-electron chi connectivity index (χ3n) is 6.93. The SMILES string of the molecule is CN(c1nccc(Nc2cc(C3CC3)[nH]n2)n1)[C@H]1CC[C@H](NC(=O)c2cccc(S(C)(=O)=O)c2)CC1. The molecular weight excluding hydrogens is 478 g/mol. The zero-order chi connectivity index (χ0) is 25.3. The lowest BCUT2D eigenvalue weighted by atomic mass is 9.90. The number of carbonyl (C=O) groups is 1. The third-order valence-corrected chi connectivity index (χ3v) is 8.04. The fourth-order valence-electron chi connectivity index (χ4n) is 4.63. The summed E-state index contributed by atoms with van der Waals surface area (Å²) in [6.45, 7) is 0. The summed E-state index contributed by atoms with van der Waals surface area (Å²) in [5.74, 6) is 2.45. The van der Waals surface area contributed by atoms with Crippen LogP contribution in [0.25, 0.3) is 0 Å². The first-order valence-corrected chi connectivity index (χ1v) is 14.1. The Morgan fingerprint density at radius 1 is 1.06 bits per heavy atom. The Morgan fingerprint density at radius 2 is 1.83 bits per heavy atom. The maximum atomic E-state index is 12.7. The average Bonchev–Trinajstić information content (AvgIpc) is 3.62. The van der Waals surface area contributed by atoms with Gasteiger partial charge < -0.3 is 15.5 Å². The van der Waals surface area contributed by atoms with E-state index in [4.69, 9.17) is 0 Å². The molecule has 36 heavy (non-hydrogen) atoms. The minimum atomic E-state index is -3.36. The van der Waals surface area contributed by atoms with E-state index in [0.717, 1.165) is 43.5 Å². The van der Waals surface area contributed by atoms with Crippen LogP contribution in [0.4, 0.5) is 17.6 Å². The van der Waals surface area contributed by atoms with Gasteiger partial charge in [0, 0.05) is 54.8 Å². The fourth-order valence-corrected chi connectivity index (χ4v) is 5.30. The quantitative estimate of drug-likeness (QED) is 0.421. The molecule has 0 spiro atoms. The molecule has 1 amide bonds. The van der Waals surface area contributed by atoms with Gasteiger partial charge in [0.25, 0.3) is 5.91 Å². The molecule has 0 unspecified atom stereocenters. The van der Waals surface area contributed by atoms with Crippen molar-refractivity contribution in [3.63, 3.8) is 0 Å².